The first kappa shape index (κ1) is 23.5. The lowest BCUT2D eigenvalue weighted by Gasteiger charge is -2.17. The van der Waals surface area contributed by atoms with Crippen molar-refractivity contribution in [3.05, 3.63) is 63.5 Å². The third kappa shape index (κ3) is 6.62. The summed E-state index contributed by atoms with van der Waals surface area (Å²) >= 11 is 12.4. The lowest BCUT2D eigenvalue weighted by molar-refractivity contribution is -0.143. The van der Waals surface area contributed by atoms with E-state index in [0.29, 0.717) is 11.3 Å². The molecule has 0 saturated heterocycles. The van der Waals surface area contributed by atoms with E-state index in [0.717, 1.165) is 0 Å². The summed E-state index contributed by atoms with van der Waals surface area (Å²) in [5.41, 5.74) is 6.07. The van der Waals surface area contributed by atoms with Gasteiger partial charge in [0.25, 0.3) is 5.91 Å². The minimum atomic E-state index is -0.917. The molecule has 0 aliphatic carbocycles. The van der Waals surface area contributed by atoms with Gasteiger partial charge in [0.2, 0.25) is 5.91 Å². The van der Waals surface area contributed by atoms with E-state index in [2.05, 4.69) is 15.4 Å². The lowest BCUT2D eigenvalue weighted by atomic mass is 10.1. The molecule has 2 amide bonds. The molecule has 10 heteroatoms. The molecular formula is C20H21Cl2N3O5. The van der Waals surface area contributed by atoms with Crippen LogP contribution < -0.4 is 16.4 Å². The zero-order valence-electron chi connectivity index (χ0n) is 16.1. The van der Waals surface area contributed by atoms with Gasteiger partial charge in [-0.05, 0) is 48.9 Å². The largest absolute Gasteiger partial charge is 0.467 e. The van der Waals surface area contributed by atoms with Gasteiger partial charge in [-0.2, -0.15) is 0 Å². The molecule has 1 aromatic carbocycles. The SMILES string of the molecule is COC(=O)[C@H](CCN)NC(=O)c1c(Cl)cc(CNC(=O)/C=C/c2ccco2)cc1Cl. The van der Waals surface area contributed by atoms with Gasteiger partial charge in [-0.15, -0.1) is 0 Å². The van der Waals surface area contributed by atoms with E-state index in [1.807, 2.05) is 0 Å². The standard InChI is InChI=1S/C20H21Cl2N3O5/c1-29-20(28)16(6-7-23)25-19(27)18-14(21)9-12(10-15(18)22)11-24-17(26)5-4-13-3-2-8-30-13/h2-5,8-10,16H,6-7,11,23H2,1H3,(H,24,26)(H,25,27)/b5-4+/t16-/m0/s1. The highest BCUT2D eigenvalue weighted by Gasteiger charge is 2.24. The maximum Gasteiger partial charge on any atom is 0.328 e. The van der Waals surface area contributed by atoms with Crippen molar-refractivity contribution in [1.29, 1.82) is 0 Å². The van der Waals surface area contributed by atoms with E-state index in [9.17, 15) is 14.4 Å². The second-order valence-corrected chi connectivity index (χ2v) is 6.94. The first-order valence-electron chi connectivity index (χ1n) is 8.91. The van der Waals surface area contributed by atoms with Crippen LogP contribution in [0.25, 0.3) is 6.08 Å². The Morgan fingerprint density at radius 2 is 1.97 bits per heavy atom. The zero-order valence-corrected chi connectivity index (χ0v) is 17.6. The highest BCUT2D eigenvalue weighted by atomic mass is 35.5. The number of hydrogen-bond donors (Lipinski definition) is 3. The Balaban J connectivity index is 2.04. The molecule has 1 heterocycles. The number of esters is 1. The average Bonchev–Trinajstić information content (AvgIpc) is 3.23. The summed E-state index contributed by atoms with van der Waals surface area (Å²) in [7, 11) is 1.21. The van der Waals surface area contributed by atoms with E-state index < -0.39 is 17.9 Å². The van der Waals surface area contributed by atoms with Crippen LogP contribution in [0.4, 0.5) is 0 Å². The van der Waals surface area contributed by atoms with Crippen LogP contribution in [0.15, 0.2) is 41.0 Å². The molecule has 160 valence electrons. The molecule has 0 aliphatic heterocycles. The van der Waals surface area contributed by atoms with Gasteiger partial charge in [-0.3, -0.25) is 9.59 Å². The zero-order chi connectivity index (χ0) is 22.1. The van der Waals surface area contributed by atoms with Crippen molar-refractivity contribution >= 4 is 47.1 Å². The smallest absolute Gasteiger partial charge is 0.328 e. The second kappa shape index (κ2) is 11.4. The van der Waals surface area contributed by atoms with Gasteiger partial charge < -0.3 is 25.5 Å². The fourth-order valence-corrected chi connectivity index (χ4v) is 3.23. The quantitative estimate of drug-likeness (QED) is 0.395. The van der Waals surface area contributed by atoms with Crippen molar-refractivity contribution in [1.82, 2.24) is 10.6 Å². The molecule has 1 atom stereocenters. The number of amides is 2. The summed E-state index contributed by atoms with van der Waals surface area (Å²) in [5.74, 6) is -1.05. The monoisotopic (exact) mass is 453 g/mol. The summed E-state index contributed by atoms with van der Waals surface area (Å²) in [5, 5.41) is 5.34. The van der Waals surface area contributed by atoms with Gasteiger partial charge in [0.1, 0.15) is 11.8 Å². The van der Waals surface area contributed by atoms with Gasteiger partial charge in [-0.25, -0.2) is 4.79 Å². The minimum Gasteiger partial charge on any atom is -0.467 e. The van der Waals surface area contributed by atoms with Crippen LogP contribution in [0.5, 0.6) is 0 Å². The van der Waals surface area contributed by atoms with Crippen molar-refractivity contribution in [3.8, 4) is 0 Å². The van der Waals surface area contributed by atoms with Crippen molar-refractivity contribution in [2.24, 2.45) is 5.73 Å². The van der Waals surface area contributed by atoms with Crippen molar-refractivity contribution in [3.63, 3.8) is 0 Å². The fraction of sp³-hybridized carbons (Fsp3) is 0.250. The summed E-state index contributed by atoms with van der Waals surface area (Å²) in [6, 6.07) is 5.53. The molecule has 30 heavy (non-hydrogen) atoms. The summed E-state index contributed by atoms with van der Waals surface area (Å²) < 4.78 is 9.76. The van der Waals surface area contributed by atoms with E-state index in [-0.39, 0.29) is 41.0 Å². The molecule has 2 rings (SSSR count). The number of rotatable bonds is 9. The maximum absolute atomic E-state index is 12.6. The topological polar surface area (TPSA) is 124 Å². The number of halogens is 2. The van der Waals surface area contributed by atoms with E-state index in [1.54, 1.807) is 12.1 Å². The molecule has 0 fully saturated rings. The van der Waals surface area contributed by atoms with Gasteiger partial charge in [0.05, 0.1) is 29.0 Å². The van der Waals surface area contributed by atoms with Crippen LogP contribution >= 0.6 is 23.2 Å². The highest BCUT2D eigenvalue weighted by Crippen LogP contribution is 2.27. The first-order valence-corrected chi connectivity index (χ1v) is 9.67. The summed E-state index contributed by atoms with van der Waals surface area (Å²) in [4.78, 5) is 36.2. The second-order valence-electron chi connectivity index (χ2n) is 6.13. The van der Waals surface area contributed by atoms with E-state index in [1.165, 1.54) is 37.7 Å². The summed E-state index contributed by atoms with van der Waals surface area (Å²) in [6.45, 7) is 0.315. The first-order chi connectivity index (χ1) is 14.3. The normalized spacial score (nSPS) is 11.9. The molecule has 1 aromatic heterocycles. The van der Waals surface area contributed by atoms with Crippen LogP contribution in [0, 0.1) is 0 Å². The number of methoxy groups -OCH3 is 1. The molecular weight excluding hydrogens is 433 g/mol. The Bertz CT molecular complexity index is 906. The molecule has 0 spiro atoms. The third-order valence-electron chi connectivity index (χ3n) is 3.98. The van der Waals surface area contributed by atoms with Crippen LogP contribution in [-0.4, -0.2) is 37.5 Å². The third-order valence-corrected chi connectivity index (χ3v) is 4.58. The molecule has 4 N–H and O–H groups in total. The van der Waals surface area contributed by atoms with Crippen LogP contribution in [0.3, 0.4) is 0 Å². The predicted molar refractivity (Wildman–Crippen MR) is 113 cm³/mol. The Labute approximate surface area is 183 Å². The Morgan fingerprint density at radius 1 is 1.27 bits per heavy atom. The minimum absolute atomic E-state index is 0.0112. The van der Waals surface area contributed by atoms with Gasteiger partial charge >= 0.3 is 5.97 Å². The number of carbonyl (C=O) groups is 3. The number of furan rings is 1. The van der Waals surface area contributed by atoms with Crippen molar-refractivity contribution in [2.75, 3.05) is 13.7 Å². The molecule has 0 saturated carbocycles. The lowest BCUT2D eigenvalue weighted by Crippen LogP contribution is -2.43. The number of carbonyl (C=O) groups excluding carboxylic acids is 3. The Morgan fingerprint density at radius 3 is 2.53 bits per heavy atom. The van der Waals surface area contributed by atoms with Crippen molar-refractivity contribution in [2.45, 2.75) is 19.0 Å². The Kier molecular flexibility index (Phi) is 8.91. The number of benzene rings is 1. The number of nitrogens with two attached hydrogens (primary N) is 1. The van der Waals surface area contributed by atoms with Crippen LogP contribution in [-0.2, 0) is 20.9 Å². The van der Waals surface area contributed by atoms with Gasteiger partial charge in [0, 0.05) is 12.6 Å². The van der Waals surface area contributed by atoms with Gasteiger partial charge in [0.15, 0.2) is 0 Å². The molecule has 2 aromatic rings. The van der Waals surface area contributed by atoms with E-state index in [4.69, 9.17) is 33.4 Å². The predicted octanol–water partition coefficient (Wildman–Crippen LogP) is 2.54. The molecule has 0 aliphatic rings. The maximum atomic E-state index is 12.6. The Hall–Kier alpha value is -2.81. The number of ether oxygens (including phenoxy) is 1. The van der Waals surface area contributed by atoms with Crippen LogP contribution in [0.2, 0.25) is 10.0 Å². The van der Waals surface area contributed by atoms with Gasteiger partial charge in [-0.1, -0.05) is 23.2 Å². The molecule has 8 nitrogen and oxygen atoms in total. The van der Waals surface area contributed by atoms with Crippen LogP contribution in [0.1, 0.15) is 28.1 Å². The van der Waals surface area contributed by atoms with Crippen molar-refractivity contribution < 1.29 is 23.5 Å². The highest BCUT2D eigenvalue weighted by molar-refractivity contribution is 6.39. The molecule has 0 bridgehead atoms. The fourth-order valence-electron chi connectivity index (χ4n) is 2.52. The number of nitrogens with one attached hydrogen (secondary N) is 2. The summed E-state index contributed by atoms with van der Waals surface area (Å²) in [6.07, 6.45) is 4.56. The van der Waals surface area contributed by atoms with E-state index >= 15 is 0 Å². The molecule has 0 radical (unpaired) electrons. The molecule has 0 unspecified atom stereocenters. The number of hydrogen-bond acceptors (Lipinski definition) is 6. The average molecular weight is 454 g/mol.